The van der Waals surface area contributed by atoms with E-state index in [1.54, 1.807) is 18.3 Å². The number of aromatic nitrogens is 4. The molecule has 0 radical (unpaired) electrons. The van der Waals surface area contributed by atoms with Crippen LogP contribution in [0.5, 0.6) is 0 Å². The molecule has 0 amide bonds. The molecule has 150 valence electrons. The van der Waals surface area contributed by atoms with E-state index in [-0.39, 0.29) is 17.8 Å². The van der Waals surface area contributed by atoms with Gasteiger partial charge in [0, 0.05) is 30.9 Å². The number of nitrogens with zero attached hydrogens (tertiary/aromatic N) is 6. The first kappa shape index (κ1) is 18.9. The van der Waals surface area contributed by atoms with E-state index < -0.39 is 4.92 Å². The molecule has 4 rings (SSSR count). The molecule has 29 heavy (non-hydrogen) atoms. The van der Waals surface area contributed by atoms with Gasteiger partial charge in [-0.3, -0.25) is 10.1 Å². The number of nitrogens with one attached hydrogen (secondary N) is 1. The lowest BCUT2D eigenvalue weighted by Gasteiger charge is -2.33. The molecule has 0 unspecified atom stereocenters. The topological polar surface area (TPSA) is 130 Å². The van der Waals surface area contributed by atoms with Crippen LogP contribution < -0.4 is 10.2 Å². The van der Waals surface area contributed by atoms with E-state index in [1.165, 1.54) is 18.5 Å². The molecule has 1 aliphatic carbocycles. The average Bonchev–Trinajstić information content (AvgIpc) is 2.74. The highest BCUT2D eigenvalue weighted by atomic mass is 16.6. The third-order valence-electron chi connectivity index (χ3n) is 5.21. The highest BCUT2D eigenvalue weighted by molar-refractivity contribution is 5.87. The van der Waals surface area contributed by atoms with E-state index in [0.29, 0.717) is 28.5 Å². The largest absolute Gasteiger partial charge is 0.393 e. The smallest absolute Gasteiger partial charge is 0.271 e. The van der Waals surface area contributed by atoms with Crippen molar-refractivity contribution in [1.29, 1.82) is 0 Å². The second-order valence-corrected chi connectivity index (χ2v) is 7.13. The van der Waals surface area contributed by atoms with Crippen molar-refractivity contribution in [2.75, 3.05) is 17.3 Å². The Morgan fingerprint density at radius 2 is 2.00 bits per heavy atom. The Labute approximate surface area is 166 Å². The number of hydrogen-bond acceptors (Lipinski definition) is 9. The fraction of sp³-hybridized carbons (Fsp3) is 0.368. The predicted molar refractivity (Wildman–Crippen MR) is 108 cm³/mol. The molecule has 2 N–H and O–H groups in total. The van der Waals surface area contributed by atoms with E-state index in [9.17, 15) is 15.2 Å². The molecular weight excluding hydrogens is 374 g/mol. The van der Waals surface area contributed by atoms with Gasteiger partial charge < -0.3 is 15.3 Å². The van der Waals surface area contributed by atoms with Crippen LogP contribution in [0.4, 0.5) is 23.1 Å². The second-order valence-electron chi connectivity index (χ2n) is 7.13. The molecule has 0 bridgehead atoms. The molecule has 1 saturated carbocycles. The maximum absolute atomic E-state index is 11.0. The predicted octanol–water partition coefficient (Wildman–Crippen LogP) is 2.81. The van der Waals surface area contributed by atoms with Gasteiger partial charge in [-0.05, 0) is 31.7 Å². The monoisotopic (exact) mass is 395 g/mol. The number of nitro benzene ring substituents is 1. The summed E-state index contributed by atoms with van der Waals surface area (Å²) < 4.78 is 0. The quantitative estimate of drug-likeness (QED) is 0.494. The fourth-order valence-electron chi connectivity index (χ4n) is 3.55. The molecule has 1 fully saturated rings. The minimum atomic E-state index is -0.445. The lowest BCUT2D eigenvalue weighted by Crippen LogP contribution is -2.37. The molecule has 2 heterocycles. The number of nitro groups is 1. The number of benzene rings is 1. The second kappa shape index (κ2) is 7.92. The summed E-state index contributed by atoms with van der Waals surface area (Å²) in [6, 6.07) is 6.46. The first-order valence-corrected chi connectivity index (χ1v) is 9.41. The Morgan fingerprint density at radius 3 is 2.76 bits per heavy atom. The summed E-state index contributed by atoms with van der Waals surface area (Å²) in [5.41, 5.74) is 1.63. The summed E-state index contributed by atoms with van der Waals surface area (Å²) in [5, 5.41) is 23.8. The van der Waals surface area contributed by atoms with Gasteiger partial charge in [-0.25, -0.2) is 19.9 Å². The van der Waals surface area contributed by atoms with Crippen LogP contribution >= 0.6 is 0 Å². The van der Waals surface area contributed by atoms with Crippen molar-refractivity contribution >= 4 is 34.2 Å². The molecule has 0 aliphatic heterocycles. The zero-order valence-corrected chi connectivity index (χ0v) is 15.9. The van der Waals surface area contributed by atoms with Gasteiger partial charge in [-0.15, -0.1) is 0 Å². The maximum atomic E-state index is 11.0. The molecule has 0 atom stereocenters. The third kappa shape index (κ3) is 4.06. The van der Waals surface area contributed by atoms with Gasteiger partial charge >= 0.3 is 0 Å². The van der Waals surface area contributed by atoms with E-state index in [4.69, 9.17) is 0 Å². The minimum Gasteiger partial charge on any atom is -0.393 e. The zero-order valence-electron chi connectivity index (χ0n) is 15.9. The lowest BCUT2D eigenvalue weighted by atomic mass is 9.92. The summed E-state index contributed by atoms with van der Waals surface area (Å²) in [6.07, 6.45) is 6.11. The number of non-ortho nitro benzene ring substituents is 1. The van der Waals surface area contributed by atoms with Gasteiger partial charge in [0.15, 0.2) is 5.82 Å². The minimum absolute atomic E-state index is 0.0112. The zero-order chi connectivity index (χ0) is 20.4. The first-order valence-electron chi connectivity index (χ1n) is 9.41. The van der Waals surface area contributed by atoms with Crippen LogP contribution in [-0.4, -0.2) is 49.2 Å². The summed E-state index contributed by atoms with van der Waals surface area (Å²) in [5.74, 6) is 1.00. The third-order valence-corrected chi connectivity index (χ3v) is 5.21. The number of anilines is 3. The molecule has 10 heteroatoms. The molecule has 3 aromatic rings. The lowest BCUT2D eigenvalue weighted by molar-refractivity contribution is -0.384. The molecule has 1 aliphatic rings. The average molecular weight is 395 g/mol. The molecule has 1 aromatic carbocycles. The standard InChI is InChI=1S/C19H21N7O3/c1-25(13-5-7-15(27)8-6-13)19-20-10-16-17(24-19)18(22-11-21-16)23-12-3-2-4-14(9-12)26(28)29/h2-4,9-11,13,15,27H,5-8H2,1H3,(H,21,22,23). The van der Waals surface area contributed by atoms with Gasteiger partial charge in [0.1, 0.15) is 17.4 Å². The van der Waals surface area contributed by atoms with E-state index >= 15 is 0 Å². The van der Waals surface area contributed by atoms with Crippen LogP contribution in [-0.2, 0) is 0 Å². The SMILES string of the molecule is CN(c1ncc2ncnc(Nc3cccc([N+](=O)[O-])c3)c2n1)C1CCC(O)CC1. The molecule has 10 nitrogen and oxygen atoms in total. The van der Waals surface area contributed by atoms with E-state index in [1.807, 2.05) is 11.9 Å². The van der Waals surface area contributed by atoms with Crippen LogP contribution in [0.1, 0.15) is 25.7 Å². The van der Waals surface area contributed by atoms with Crippen LogP contribution in [0, 0.1) is 10.1 Å². The number of hydrogen-bond donors (Lipinski definition) is 2. The van der Waals surface area contributed by atoms with Crippen molar-refractivity contribution in [3.05, 3.63) is 46.9 Å². The normalized spacial score (nSPS) is 19.1. The Bertz CT molecular complexity index is 1040. The van der Waals surface area contributed by atoms with E-state index in [0.717, 1.165) is 25.7 Å². The highest BCUT2D eigenvalue weighted by Gasteiger charge is 2.24. The van der Waals surface area contributed by atoms with Gasteiger partial charge in [0.05, 0.1) is 17.2 Å². The van der Waals surface area contributed by atoms with Crippen LogP contribution in [0.2, 0.25) is 0 Å². The van der Waals surface area contributed by atoms with Crippen molar-refractivity contribution in [2.24, 2.45) is 0 Å². The number of aliphatic hydroxyl groups is 1. The Morgan fingerprint density at radius 1 is 1.21 bits per heavy atom. The van der Waals surface area contributed by atoms with Crippen LogP contribution in [0.25, 0.3) is 11.0 Å². The Kier molecular flexibility index (Phi) is 5.17. The van der Waals surface area contributed by atoms with Crippen LogP contribution in [0.3, 0.4) is 0 Å². The number of rotatable bonds is 5. The number of fused-ring (bicyclic) bond motifs is 1. The highest BCUT2D eigenvalue weighted by Crippen LogP contribution is 2.27. The van der Waals surface area contributed by atoms with E-state index in [2.05, 4.69) is 25.3 Å². The van der Waals surface area contributed by atoms with Gasteiger partial charge in [0.25, 0.3) is 5.69 Å². The summed E-state index contributed by atoms with van der Waals surface area (Å²) in [6.45, 7) is 0. The van der Waals surface area contributed by atoms with Gasteiger partial charge in [0.2, 0.25) is 5.95 Å². The van der Waals surface area contributed by atoms with Crippen molar-refractivity contribution < 1.29 is 10.0 Å². The summed E-state index contributed by atoms with van der Waals surface area (Å²) in [7, 11) is 1.95. The molecule has 0 saturated heterocycles. The van der Waals surface area contributed by atoms with Crippen molar-refractivity contribution in [3.63, 3.8) is 0 Å². The maximum Gasteiger partial charge on any atom is 0.271 e. The van der Waals surface area contributed by atoms with Gasteiger partial charge in [-0.1, -0.05) is 6.07 Å². The van der Waals surface area contributed by atoms with Crippen molar-refractivity contribution in [3.8, 4) is 0 Å². The van der Waals surface area contributed by atoms with Crippen molar-refractivity contribution in [1.82, 2.24) is 19.9 Å². The first-order chi connectivity index (χ1) is 14.0. The van der Waals surface area contributed by atoms with Gasteiger partial charge in [-0.2, -0.15) is 0 Å². The Balaban J connectivity index is 1.64. The summed E-state index contributed by atoms with van der Waals surface area (Å²) in [4.78, 5) is 30.2. The summed E-state index contributed by atoms with van der Waals surface area (Å²) >= 11 is 0. The fourth-order valence-corrected chi connectivity index (χ4v) is 3.55. The molecule has 0 spiro atoms. The number of aliphatic hydroxyl groups excluding tert-OH is 1. The van der Waals surface area contributed by atoms with Crippen molar-refractivity contribution in [2.45, 2.75) is 37.8 Å². The Hall–Kier alpha value is -3.40. The molecular formula is C19H21N7O3. The van der Waals surface area contributed by atoms with Crippen LogP contribution in [0.15, 0.2) is 36.8 Å². The molecule has 2 aromatic heterocycles.